The summed E-state index contributed by atoms with van der Waals surface area (Å²) in [7, 11) is 0. The lowest BCUT2D eigenvalue weighted by Crippen LogP contribution is -2.46. The molecule has 1 aliphatic heterocycles. The molecular formula is C13H19ClN4O3. The maximum absolute atomic E-state index is 11.9. The number of rotatable bonds is 5. The van der Waals surface area contributed by atoms with E-state index in [1.165, 1.54) is 6.07 Å². The third-order valence-corrected chi connectivity index (χ3v) is 3.22. The highest BCUT2D eigenvalue weighted by molar-refractivity contribution is 5.85. The zero-order valence-corrected chi connectivity index (χ0v) is 12.4. The summed E-state index contributed by atoms with van der Waals surface area (Å²) >= 11 is 0. The number of nitrogens with one attached hydrogen (secondary N) is 2. The third-order valence-electron chi connectivity index (χ3n) is 3.22. The van der Waals surface area contributed by atoms with Crippen molar-refractivity contribution in [2.45, 2.75) is 6.42 Å². The van der Waals surface area contributed by atoms with E-state index >= 15 is 0 Å². The van der Waals surface area contributed by atoms with E-state index < -0.39 is 4.92 Å². The van der Waals surface area contributed by atoms with Crippen molar-refractivity contribution in [2.75, 3.05) is 38.0 Å². The summed E-state index contributed by atoms with van der Waals surface area (Å²) in [6.07, 6.45) is 0.339. The number of piperazine rings is 1. The number of hydrogen-bond donors (Lipinski definition) is 2. The number of nitro groups is 1. The van der Waals surface area contributed by atoms with Crippen LogP contribution in [-0.4, -0.2) is 48.5 Å². The Balaban J connectivity index is 0.00000220. The Morgan fingerprint density at radius 1 is 1.33 bits per heavy atom. The average Bonchev–Trinajstić information content (AvgIpc) is 2.48. The molecule has 1 fully saturated rings. The monoisotopic (exact) mass is 314 g/mol. The van der Waals surface area contributed by atoms with Crippen molar-refractivity contribution >= 4 is 29.7 Å². The Morgan fingerprint density at radius 3 is 2.67 bits per heavy atom. The van der Waals surface area contributed by atoms with Gasteiger partial charge in [-0.3, -0.25) is 14.9 Å². The number of carbonyl (C=O) groups excluding carboxylic acids is 1. The molecule has 2 N–H and O–H groups in total. The maximum atomic E-state index is 11.9. The van der Waals surface area contributed by atoms with Crippen LogP contribution in [0, 0.1) is 10.1 Å². The lowest BCUT2D eigenvalue weighted by Gasteiger charge is -2.27. The first-order valence-corrected chi connectivity index (χ1v) is 6.64. The molecule has 1 aromatic carbocycles. The van der Waals surface area contributed by atoms with Crippen LogP contribution in [-0.2, 0) is 4.79 Å². The largest absolute Gasteiger partial charge is 0.379 e. The molecule has 1 heterocycles. The van der Waals surface area contributed by atoms with E-state index in [0.717, 1.165) is 26.2 Å². The van der Waals surface area contributed by atoms with E-state index in [1.807, 2.05) is 4.90 Å². The number of nitrogens with zero attached hydrogens (tertiary/aromatic N) is 2. The Bertz CT molecular complexity index is 492. The Labute approximate surface area is 129 Å². The van der Waals surface area contributed by atoms with Crippen molar-refractivity contribution in [1.29, 1.82) is 0 Å². The van der Waals surface area contributed by atoms with Gasteiger partial charge in [0.15, 0.2) is 0 Å². The number of hydrogen-bond acceptors (Lipinski definition) is 5. The zero-order chi connectivity index (χ0) is 14.4. The van der Waals surface area contributed by atoms with Crippen LogP contribution in [0.4, 0.5) is 11.4 Å². The van der Waals surface area contributed by atoms with E-state index in [4.69, 9.17) is 0 Å². The van der Waals surface area contributed by atoms with Crippen LogP contribution in [0.5, 0.6) is 0 Å². The molecule has 0 aromatic heterocycles. The van der Waals surface area contributed by atoms with Crippen LogP contribution in [0.25, 0.3) is 0 Å². The number of para-hydroxylation sites is 2. The van der Waals surface area contributed by atoms with Gasteiger partial charge in [-0.1, -0.05) is 12.1 Å². The molecule has 21 heavy (non-hydrogen) atoms. The Morgan fingerprint density at radius 2 is 2.00 bits per heavy atom. The van der Waals surface area contributed by atoms with Crippen LogP contribution in [0.1, 0.15) is 6.42 Å². The first-order chi connectivity index (χ1) is 9.68. The summed E-state index contributed by atoms with van der Waals surface area (Å²) in [5.74, 6) is 0.0811. The first kappa shape index (κ1) is 17.2. The van der Waals surface area contributed by atoms with Crippen molar-refractivity contribution in [3.63, 3.8) is 0 Å². The van der Waals surface area contributed by atoms with Gasteiger partial charge in [0.05, 0.1) is 4.92 Å². The Kier molecular flexibility index (Phi) is 6.90. The summed E-state index contributed by atoms with van der Waals surface area (Å²) in [6, 6.07) is 6.44. The minimum atomic E-state index is -0.430. The number of carbonyl (C=O) groups is 1. The number of nitro benzene ring substituents is 1. The second-order valence-electron chi connectivity index (χ2n) is 4.58. The van der Waals surface area contributed by atoms with Gasteiger partial charge >= 0.3 is 0 Å². The molecule has 0 unspecified atom stereocenters. The summed E-state index contributed by atoms with van der Waals surface area (Å²) in [5.41, 5.74) is 0.479. The molecule has 1 aromatic rings. The zero-order valence-electron chi connectivity index (χ0n) is 11.6. The van der Waals surface area contributed by atoms with Crippen LogP contribution in [0.15, 0.2) is 24.3 Å². The lowest BCUT2D eigenvalue weighted by molar-refractivity contribution is -0.384. The smallest absolute Gasteiger partial charge is 0.292 e. The van der Waals surface area contributed by atoms with Gasteiger partial charge in [0.1, 0.15) is 5.69 Å². The molecule has 116 valence electrons. The first-order valence-electron chi connectivity index (χ1n) is 6.64. The maximum Gasteiger partial charge on any atom is 0.292 e. The highest BCUT2D eigenvalue weighted by Gasteiger charge is 2.16. The molecule has 8 heteroatoms. The number of amides is 1. The van der Waals surface area contributed by atoms with Crippen LogP contribution in [0.2, 0.25) is 0 Å². The fourth-order valence-corrected chi connectivity index (χ4v) is 2.16. The van der Waals surface area contributed by atoms with Gasteiger partial charge in [-0.25, -0.2) is 0 Å². The van der Waals surface area contributed by atoms with Gasteiger partial charge in [0.2, 0.25) is 5.91 Å². The molecule has 0 spiro atoms. The van der Waals surface area contributed by atoms with E-state index in [-0.39, 0.29) is 24.0 Å². The molecule has 0 aliphatic carbocycles. The van der Waals surface area contributed by atoms with Crippen molar-refractivity contribution in [1.82, 2.24) is 10.2 Å². The van der Waals surface area contributed by atoms with E-state index in [2.05, 4.69) is 10.6 Å². The average molecular weight is 315 g/mol. The summed E-state index contributed by atoms with van der Waals surface area (Å²) in [4.78, 5) is 24.2. The highest BCUT2D eigenvalue weighted by Crippen LogP contribution is 2.22. The molecule has 0 radical (unpaired) electrons. The van der Waals surface area contributed by atoms with Crippen LogP contribution in [0.3, 0.4) is 0 Å². The quantitative estimate of drug-likeness (QED) is 0.631. The molecule has 7 nitrogen and oxygen atoms in total. The van der Waals surface area contributed by atoms with E-state index in [1.54, 1.807) is 18.2 Å². The molecule has 0 bridgehead atoms. The van der Waals surface area contributed by atoms with Crippen molar-refractivity contribution in [2.24, 2.45) is 0 Å². The number of benzene rings is 1. The van der Waals surface area contributed by atoms with Crippen molar-refractivity contribution in [3.05, 3.63) is 34.4 Å². The van der Waals surface area contributed by atoms with Crippen molar-refractivity contribution < 1.29 is 9.72 Å². The lowest BCUT2D eigenvalue weighted by atomic mass is 10.2. The predicted molar refractivity (Wildman–Crippen MR) is 82.9 cm³/mol. The van der Waals surface area contributed by atoms with Crippen molar-refractivity contribution in [3.8, 4) is 0 Å². The minimum absolute atomic E-state index is 0. The van der Waals surface area contributed by atoms with Gasteiger partial charge < -0.3 is 15.5 Å². The summed E-state index contributed by atoms with van der Waals surface area (Å²) in [5, 5.41) is 17.0. The molecule has 0 saturated carbocycles. The summed E-state index contributed by atoms with van der Waals surface area (Å²) < 4.78 is 0. The SMILES string of the molecule is Cl.O=C(CCNc1ccccc1[N+](=O)[O-])N1CCNCC1. The summed E-state index contributed by atoms with van der Waals surface area (Å²) in [6.45, 7) is 3.49. The molecule has 1 amide bonds. The van der Waals surface area contributed by atoms with Gasteiger partial charge in [0.25, 0.3) is 5.69 Å². The van der Waals surface area contributed by atoms with E-state index in [9.17, 15) is 14.9 Å². The normalized spacial score (nSPS) is 14.2. The number of halogens is 1. The standard InChI is InChI=1S/C13H18N4O3.ClH/c18-13(16-9-7-14-8-10-16)5-6-15-11-3-1-2-4-12(11)17(19)20;/h1-4,14-15H,5-10H2;1H. The second-order valence-corrected chi connectivity index (χ2v) is 4.58. The third kappa shape index (κ3) is 4.87. The van der Waals surface area contributed by atoms with Gasteiger partial charge in [-0.2, -0.15) is 0 Å². The fourth-order valence-electron chi connectivity index (χ4n) is 2.16. The Hall–Kier alpha value is -1.86. The second kappa shape index (κ2) is 8.43. The van der Waals surface area contributed by atoms with Crippen LogP contribution < -0.4 is 10.6 Å². The topological polar surface area (TPSA) is 87.5 Å². The minimum Gasteiger partial charge on any atom is -0.379 e. The molecule has 0 atom stereocenters. The molecule has 2 rings (SSSR count). The molecular weight excluding hydrogens is 296 g/mol. The molecule has 1 aliphatic rings. The van der Waals surface area contributed by atoms with Crippen LogP contribution >= 0.6 is 12.4 Å². The van der Waals surface area contributed by atoms with Gasteiger partial charge in [0, 0.05) is 45.2 Å². The molecule has 1 saturated heterocycles. The predicted octanol–water partition coefficient (Wildman–Crippen LogP) is 1.25. The van der Waals surface area contributed by atoms with E-state index in [0.29, 0.717) is 18.7 Å². The highest BCUT2D eigenvalue weighted by atomic mass is 35.5. The van der Waals surface area contributed by atoms with Gasteiger partial charge in [-0.05, 0) is 6.07 Å². The fraction of sp³-hybridized carbons (Fsp3) is 0.462. The number of anilines is 1. The van der Waals surface area contributed by atoms with Gasteiger partial charge in [-0.15, -0.1) is 12.4 Å².